The third kappa shape index (κ3) is 4.48. The van der Waals surface area contributed by atoms with Crippen molar-refractivity contribution in [2.75, 3.05) is 6.54 Å². The number of aryl methyl sites for hydroxylation is 1. The van der Waals surface area contributed by atoms with E-state index in [-0.39, 0.29) is 5.75 Å². The third-order valence-electron chi connectivity index (χ3n) is 3.51. The molecule has 1 aliphatic carbocycles. The van der Waals surface area contributed by atoms with Gasteiger partial charge in [-0.15, -0.1) is 0 Å². The Morgan fingerprint density at radius 3 is 2.68 bits per heavy atom. The zero-order valence-corrected chi connectivity index (χ0v) is 12.2. The third-order valence-corrected chi connectivity index (χ3v) is 4.79. The lowest BCUT2D eigenvalue weighted by atomic mass is 10.0. The molecule has 0 aromatic heterocycles. The second kappa shape index (κ2) is 6.35. The summed E-state index contributed by atoms with van der Waals surface area (Å²) >= 11 is 0. The maximum absolute atomic E-state index is 12.1. The summed E-state index contributed by atoms with van der Waals surface area (Å²) in [6.45, 7) is 2.41. The summed E-state index contributed by atoms with van der Waals surface area (Å²) in [6, 6.07) is 7.61. The fourth-order valence-electron chi connectivity index (χ4n) is 2.30. The number of nitrogens with one attached hydrogen (secondary N) is 1. The van der Waals surface area contributed by atoms with Gasteiger partial charge in [-0.25, -0.2) is 13.1 Å². The molecule has 0 amide bonds. The Labute approximate surface area is 115 Å². The van der Waals surface area contributed by atoms with Crippen molar-refractivity contribution in [3.63, 3.8) is 0 Å². The van der Waals surface area contributed by atoms with Crippen molar-refractivity contribution in [2.24, 2.45) is 0 Å². The summed E-state index contributed by atoms with van der Waals surface area (Å²) in [5, 5.41) is 0. The molecule has 1 aromatic carbocycles. The Balaban J connectivity index is 1.95. The highest BCUT2D eigenvalue weighted by molar-refractivity contribution is 7.88. The van der Waals surface area contributed by atoms with Gasteiger partial charge >= 0.3 is 0 Å². The molecule has 0 radical (unpaired) electrons. The number of rotatable bonds is 5. The fourth-order valence-corrected chi connectivity index (χ4v) is 3.54. The smallest absolute Gasteiger partial charge is 0.212 e. The SMILES string of the molecule is Cc1ccccc1CS(=O)(=O)NCC1=CCCCC1. The van der Waals surface area contributed by atoms with Gasteiger partial charge in [0, 0.05) is 6.54 Å². The van der Waals surface area contributed by atoms with Crippen LogP contribution in [-0.2, 0) is 15.8 Å². The van der Waals surface area contributed by atoms with Gasteiger partial charge in [-0.2, -0.15) is 0 Å². The molecule has 0 spiro atoms. The van der Waals surface area contributed by atoms with Crippen LogP contribution < -0.4 is 4.72 Å². The molecule has 0 fully saturated rings. The van der Waals surface area contributed by atoms with Gasteiger partial charge in [0.2, 0.25) is 10.0 Å². The highest BCUT2D eigenvalue weighted by Gasteiger charge is 2.13. The predicted molar refractivity (Wildman–Crippen MR) is 78.4 cm³/mol. The van der Waals surface area contributed by atoms with Crippen LogP contribution in [0.1, 0.15) is 36.8 Å². The molecular formula is C15H21NO2S. The van der Waals surface area contributed by atoms with Gasteiger partial charge in [-0.3, -0.25) is 0 Å². The molecule has 19 heavy (non-hydrogen) atoms. The topological polar surface area (TPSA) is 46.2 Å². The lowest BCUT2D eigenvalue weighted by Crippen LogP contribution is -2.27. The number of benzene rings is 1. The van der Waals surface area contributed by atoms with E-state index in [0.717, 1.165) is 24.0 Å². The van der Waals surface area contributed by atoms with Gasteiger partial charge in [0.25, 0.3) is 0 Å². The van der Waals surface area contributed by atoms with Crippen LogP contribution in [0.5, 0.6) is 0 Å². The van der Waals surface area contributed by atoms with Gasteiger partial charge < -0.3 is 0 Å². The van der Waals surface area contributed by atoms with E-state index in [1.165, 1.54) is 18.4 Å². The molecule has 4 heteroatoms. The maximum atomic E-state index is 12.1. The molecule has 104 valence electrons. The first kappa shape index (κ1) is 14.3. The van der Waals surface area contributed by atoms with Crippen LogP contribution in [-0.4, -0.2) is 15.0 Å². The molecule has 0 heterocycles. The zero-order chi connectivity index (χ0) is 13.7. The Bertz CT molecular complexity index is 561. The molecular weight excluding hydrogens is 258 g/mol. The van der Waals surface area contributed by atoms with Crippen molar-refractivity contribution < 1.29 is 8.42 Å². The van der Waals surface area contributed by atoms with Crippen LogP contribution in [0.4, 0.5) is 0 Å². The van der Waals surface area contributed by atoms with Crippen molar-refractivity contribution >= 4 is 10.0 Å². The maximum Gasteiger partial charge on any atom is 0.216 e. The molecule has 0 bridgehead atoms. The molecule has 2 rings (SSSR count). The van der Waals surface area contributed by atoms with Crippen LogP contribution in [0.15, 0.2) is 35.9 Å². The van der Waals surface area contributed by atoms with E-state index in [1.807, 2.05) is 31.2 Å². The molecule has 1 N–H and O–H groups in total. The standard InChI is InChI=1S/C15H21NO2S/c1-13-7-5-6-10-15(13)12-19(17,18)16-11-14-8-3-2-4-9-14/h5-8,10,16H,2-4,9,11-12H2,1H3. The molecule has 1 aliphatic rings. The molecule has 0 saturated carbocycles. The monoisotopic (exact) mass is 279 g/mol. The van der Waals surface area contributed by atoms with E-state index < -0.39 is 10.0 Å². The Hall–Kier alpha value is -1.13. The summed E-state index contributed by atoms with van der Waals surface area (Å²) < 4.78 is 26.8. The molecule has 1 aromatic rings. The molecule has 0 saturated heterocycles. The van der Waals surface area contributed by atoms with Gasteiger partial charge in [0.05, 0.1) is 5.75 Å². The Kier molecular flexibility index (Phi) is 4.77. The second-order valence-electron chi connectivity index (χ2n) is 5.11. The van der Waals surface area contributed by atoms with Crippen LogP contribution >= 0.6 is 0 Å². The van der Waals surface area contributed by atoms with E-state index in [0.29, 0.717) is 6.54 Å². The zero-order valence-electron chi connectivity index (χ0n) is 11.4. The highest BCUT2D eigenvalue weighted by atomic mass is 32.2. The minimum Gasteiger partial charge on any atom is -0.212 e. The first-order valence-electron chi connectivity index (χ1n) is 6.76. The lowest BCUT2D eigenvalue weighted by Gasteiger charge is -2.14. The van der Waals surface area contributed by atoms with Crippen molar-refractivity contribution in [3.05, 3.63) is 47.0 Å². The van der Waals surface area contributed by atoms with Crippen molar-refractivity contribution in [1.29, 1.82) is 0 Å². The van der Waals surface area contributed by atoms with Crippen LogP contribution in [0.3, 0.4) is 0 Å². The number of sulfonamides is 1. The average molecular weight is 279 g/mol. The fraction of sp³-hybridized carbons (Fsp3) is 0.467. The normalized spacial score (nSPS) is 16.2. The van der Waals surface area contributed by atoms with E-state index in [4.69, 9.17) is 0 Å². The largest absolute Gasteiger partial charge is 0.216 e. The van der Waals surface area contributed by atoms with E-state index in [1.54, 1.807) is 0 Å². The van der Waals surface area contributed by atoms with Crippen LogP contribution in [0, 0.1) is 6.92 Å². The summed E-state index contributed by atoms with van der Waals surface area (Å²) in [5.41, 5.74) is 3.11. The summed E-state index contributed by atoms with van der Waals surface area (Å²) in [4.78, 5) is 0. The van der Waals surface area contributed by atoms with Crippen molar-refractivity contribution in [3.8, 4) is 0 Å². The van der Waals surface area contributed by atoms with E-state index in [9.17, 15) is 8.42 Å². The number of allylic oxidation sites excluding steroid dienone is 1. The molecule has 3 nitrogen and oxygen atoms in total. The first-order valence-corrected chi connectivity index (χ1v) is 8.42. The summed E-state index contributed by atoms with van der Waals surface area (Å²) in [6.07, 6.45) is 6.66. The molecule has 0 aliphatic heterocycles. The summed E-state index contributed by atoms with van der Waals surface area (Å²) in [5.74, 6) is 0.0625. The molecule has 0 unspecified atom stereocenters. The minimum absolute atomic E-state index is 0.0625. The van der Waals surface area contributed by atoms with Gasteiger partial charge in [0.15, 0.2) is 0 Å². The highest BCUT2D eigenvalue weighted by Crippen LogP contribution is 2.17. The second-order valence-corrected chi connectivity index (χ2v) is 6.92. The average Bonchev–Trinajstić information content (AvgIpc) is 2.40. The summed E-state index contributed by atoms with van der Waals surface area (Å²) in [7, 11) is -3.25. The van der Waals surface area contributed by atoms with Crippen LogP contribution in [0.25, 0.3) is 0 Å². The number of hydrogen-bond donors (Lipinski definition) is 1. The number of hydrogen-bond acceptors (Lipinski definition) is 2. The van der Waals surface area contributed by atoms with Gasteiger partial charge in [-0.05, 0) is 43.7 Å². The minimum atomic E-state index is -3.25. The van der Waals surface area contributed by atoms with Crippen molar-refractivity contribution in [1.82, 2.24) is 4.72 Å². The lowest BCUT2D eigenvalue weighted by molar-refractivity contribution is 0.581. The Morgan fingerprint density at radius 2 is 2.00 bits per heavy atom. The van der Waals surface area contributed by atoms with Gasteiger partial charge in [0.1, 0.15) is 0 Å². The Morgan fingerprint density at radius 1 is 1.21 bits per heavy atom. The van der Waals surface area contributed by atoms with E-state index in [2.05, 4.69) is 10.8 Å². The quantitative estimate of drug-likeness (QED) is 0.842. The van der Waals surface area contributed by atoms with Crippen LogP contribution in [0.2, 0.25) is 0 Å². The van der Waals surface area contributed by atoms with Gasteiger partial charge in [-0.1, -0.05) is 35.9 Å². The molecule has 0 atom stereocenters. The first-order chi connectivity index (χ1) is 9.07. The predicted octanol–water partition coefficient (Wildman–Crippen LogP) is 2.91. The van der Waals surface area contributed by atoms with E-state index >= 15 is 0 Å². The van der Waals surface area contributed by atoms with Crippen molar-refractivity contribution in [2.45, 2.75) is 38.4 Å².